The van der Waals surface area contributed by atoms with Gasteiger partial charge >= 0.3 is 0 Å². The lowest BCUT2D eigenvalue weighted by atomic mass is 10.3. The van der Waals surface area contributed by atoms with Gasteiger partial charge in [0, 0.05) is 16.3 Å². The van der Waals surface area contributed by atoms with Crippen LogP contribution in [0.3, 0.4) is 0 Å². The molecule has 0 fully saturated rings. The highest BCUT2D eigenvalue weighted by atomic mass is 32.2. The van der Waals surface area contributed by atoms with E-state index in [0.717, 1.165) is 10.6 Å². The molecule has 0 aliphatic heterocycles. The van der Waals surface area contributed by atoms with Gasteiger partial charge in [0.05, 0.1) is 4.90 Å². The van der Waals surface area contributed by atoms with Crippen LogP contribution in [0.1, 0.15) is 0 Å². The van der Waals surface area contributed by atoms with Crippen molar-refractivity contribution in [2.24, 2.45) is 5.14 Å². The lowest BCUT2D eigenvalue weighted by Crippen LogP contribution is -2.19. The number of hydrogen-bond acceptors (Lipinski definition) is 4. The molecule has 2 rings (SSSR count). The van der Waals surface area contributed by atoms with Gasteiger partial charge in [0.2, 0.25) is 10.0 Å². The summed E-state index contributed by atoms with van der Waals surface area (Å²) >= 11 is 6.88. The van der Waals surface area contributed by atoms with Gasteiger partial charge in [-0.3, -0.25) is 0 Å². The van der Waals surface area contributed by atoms with E-state index >= 15 is 0 Å². The highest BCUT2D eigenvalue weighted by molar-refractivity contribution is 7.98. The molecule has 0 unspecified atom stereocenters. The van der Waals surface area contributed by atoms with Crippen molar-refractivity contribution in [3.63, 3.8) is 0 Å². The maximum absolute atomic E-state index is 11.2. The maximum Gasteiger partial charge on any atom is 0.238 e. The zero-order chi connectivity index (χ0) is 16.2. The number of rotatable bonds is 4. The molecule has 0 amide bonds. The summed E-state index contributed by atoms with van der Waals surface area (Å²) in [5.74, 6) is 0. The number of thioether (sulfide) groups is 1. The Kier molecular flexibility index (Phi) is 5.41. The van der Waals surface area contributed by atoms with Crippen LogP contribution in [0.2, 0.25) is 0 Å². The molecule has 0 aliphatic rings. The number of benzene rings is 2. The van der Waals surface area contributed by atoms with E-state index in [9.17, 15) is 8.42 Å². The lowest BCUT2D eigenvalue weighted by Gasteiger charge is -2.11. The Bertz CT molecular complexity index is 774. The highest BCUT2D eigenvalue weighted by Gasteiger charge is 2.07. The Morgan fingerprint density at radius 3 is 2.32 bits per heavy atom. The fourth-order valence-electron chi connectivity index (χ4n) is 1.72. The summed E-state index contributed by atoms with van der Waals surface area (Å²) in [4.78, 5) is 1.19. The van der Waals surface area contributed by atoms with Crippen LogP contribution in [0.15, 0.2) is 58.3 Å². The van der Waals surface area contributed by atoms with Gasteiger partial charge in [-0.1, -0.05) is 6.07 Å². The first-order valence-electron chi connectivity index (χ1n) is 6.23. The maximum atomic E-state index is 11.2. The van der Waals surface area contributed by atoms with E-state index in [0.29, 0.717) is 10.8 Å². The molecule has 2 aromatic rings. The number of hydrogen-bond donors (Lipinski definition) is 3. The summed E-state index contributed by atoms with van der Waals surface area (Å²) in [5.41, 5.74) is 1.55. The second kappa shape index (κ2) is 7.10. The van der Waals surface area contributed by atoms with Gasteiger partial charge in [0.25, 0.3) is 0 Å². The number of primary sulfonamides is 1. The van der Waals surface area contributed by atoms with Gasteiger partial charge in [-0.15, -0.1) is 11.8 Å². The average Bonchev–Trinajstić information content (AvgIpc) is 2.47. The summed E-state index contributed by atoms with van der Waals surface area (Å²) < 4.78 is 22.4. The molecule has 0 aliphatic carbocycles. The Morgan fingerprint density at radius 1 is 1.09 bits per heavy atom. The molecule has 116 valence electrons. The second-order valence-electron chi connectivity index (χ2n) is 4.38. The molecule has 5 nitrogen and oxygen atoms in total. The lowest BCUT2D eigenvalue weighted by molar-refractivity contribution is 0.598. The van der Waals surface area contributed by atoms with Gasteiger partial charge in [-0.05, 0) is 60.9 Å². The van der Waals surface area contributed by atoms with Crippen LogP contribution in [0, 0.1) is 0 Å². The Hall–Kier alpha value is -1.61. The van der Waals surface area contributed by atoms with Crippen molar-refractivity contribution in [3.8, 4) is 0 Å². The van der Waals surface area contributed by atoms with Gasteiger partial charge in [-0.2, -0.15) is 0 Å². The quantitative estimate of drug-likeness (QED) is 0.579. The third-order valence-electron chi connectivity index (χ3n) is 2.77. The first-order valence-corrected chi connectivity index (χ1v) is 9.41. The zero-order valence-corrected chi connectivity index (χ0v) is 14.2. The first-order chi connectivity index (χ1) is 10.4. The summed E-state index contributed by atoms with van der Waals surface area (Å²) in [7, 11) is -3.68. The molecule has 0 spiro atoms. The minimum absolute atomic E-state index is 0.0598. The molecule has 4 N–H and O–H groups in total. The van der Waals surface area contributed by atoms with Crippen molar-refractivity contribution in [2.75, 3.05) is 16.9 Å². The summed E-state index contributed by atoms with van der Waals surface area (Å²) in [6.45, 7) is 0. The molecule has 0 saturated heterocycles. The molecule has 0 radical (unpaired) electrons. The largest absolute Gasteiger partial charge is 0.332 e. The Morgan fingerprint density at radius 2 is 1.73 bits per heavy atom. The molecule has 0 aromatic heterocycles. The van der Waals surface area contributed by atoms with E-state index in [-0.39, 0.29) is 4.90 Å². The number of nitrogens with two attached hydrogens (primary N) is 1. The van der Waals surface area contributed by atoms with Gasteiger partial charge in [-0.25, -0.2) is 13.6 Å². The van der Waals surface area contributed by atoms with Gasteiger partial charge < -0.3 is 10.6 Å². The predicted octanol–water partition coefficient (Wildman–Crippen LogP) is 2.86. The second-order valence-corrected chi connectivity index (χ2v) is 7.23. The van der Waals surface area contributed by atoms with Crippen molar-refractivity contribution in [1.29, 1.82) is 0 Å². The van der Waals surface area contributed by atoms with Crippen molar-refractivity contribution in [3.05, 3.63) is 48.5 Å². The van der Waals surface area contributed by atoms with Crippen LogP contribution < -0.4 is 15.8 Å². The van der Waals surface area contributed by atoms with E-state index in [4.69, 9.17) is 17.4 Å². The molecular formula is C14H15N3O2S3. The fraction of sp³-hybridized carbons (Fsp3) is 0.0714. The van der Waals surface area contributed by atoms with E-state index < -0.39 is 10.0 Å². The van der Waals surface area contributed by atoms with Crippen LogP contribution in [0.25, 0.3) is 0 Å². The average molecular weight is 353 g/mol. The fourth-order valence-corrected chi connectivity index (χ4v) is 2.93. The molecular weight excluding hydrogens is 338 g/mol. The van der Waals surface area contributed by atoms with Crippen molar-refractivity contribution < 1.29 is 8.42 Å². The minimum atomic E-state index is -3.68. The van der Waals surface area contributed by atoms with Gasteiger partial charge in [0.15, 0.2) is 5.11 Å². The van der Waals surface area contributed by atoms with E-state index in [1.54, 1.807) is 23.9 Å². The summed E-state index contributed by atoms with van der Waals surface area (Å²) in [6, 6.07) is 13.9. The highest BCUT2D eigenvalue weighted by Crippen LogP contribution is 2.19. The Labute approximate surface area is 139 Å². The van der Waals surface area contributed by atoms with Crippen LogP contribution in [0.5, 0.6) is 0 Å². The molecule has 0 saturated carbocycles. The van der Waals surface area contributed by atoms with Crippen LogP contribution >= 0.6 is 24.0 Å². The minimum Gasteiger partial charge on any atom is -0.332 e. The smallest absolute Gasteiger partial charge is 0.238 e. The predicted molar refractivity (Wildman–Crippen MR) is 95.9 cm³/mol. The molecule has 8 heteroatoms. The van der Waals surface area contributed by atoms with Gasteiger partial charge in [0.1, 0.15) is 0 Å². The van der Waals surface area contributed by atoms with Crippen LogP contribution in [-0.2, 0) is 10.0 Å². The molecule has 2 aromatic carbocycles. The van der Waals surface area contributed by atoms with Crippen LogP contribution in [0.4, 0.5) is 11.4 Å². The molecule has 0 heterocycles. The number of thiocarbonyl (C=S) groups is 1. The zero-order valence-electron chi connectivity index (χ0n) is 11.7. The molecule has 0 bridgehead atoms. The van der Waals surface area contributed by atoms with Crippen molar-refractivity contribution in [1.82, 2.24) is 0 Å². The molecule has 22 heavy (non-hydrogen) atoms. The third-order valence-corrected chi connectivity index (χ3v) is 4.63. The SMILES string of the molecule is CSc1cccc(NC(=S)Nc2ccc(S(N)(=O)=O)cc2)c1. The van der Waals surface area contributed by atoms with E-state index in [1.165, 1.54) is 12.1 Å². The Balaban J connectivity index is 2.02. The number of sulfonamides is 1. The summed E-state index contributed by atoms with van der Waals surface area (Å²) in [6.07, 6.45) is 2.00. The normalized spacial score (nSPS) is 11.0. The summed E-state index contributed by atoms with van der Waals surface area (Å²) in [5, 5.41) is 11.5. The van der Waals surface area contributed by atoms with Crippen molar-refractivity contribution in [2.45, 2.75) is 9.79 Å². The number of nitrogens with one attached hydrogen (secondary N) is 2. The first kappa shape index (κ1) is 16.8. The topological polar surface area (TPSA) is 84.2 Å². The standard InChI is InChI=1S/C14H15N3O2S3/c1-21-12-4-2-3-11(9-12)17-14(20)16-10-5-7-13(8-6-10)22(15,18)19/h2-9H,1H3,(H2,15,18,19)(H2,16,17,20). The van der Waals surface area contributed by atoms with Crippen LogP contribution in [-0.4, -0.2) is 19.8 Å². The molecule has 0 atom stereocenters. The van der Waals surface area contributed by atoms with E-state index in [1.807, 2.05) is 30.5 Å². The third kappa shape index (κ3) is 4.70. The van der Waals surface area contributed by atoms with E-state index in [2.05, 4.69) is 10.6 Å². The number of anilines is 2. The monoisotopic (exact) mass is 353 g/mol. The van der Waals surface area contributed by atoms with Crippen molar-refractivity contribution >= 4 is 50.5 Å².